The lowest BCUT2D eigenvalue weighted by atomic mass is 10.2. The van der Waals surface area contributed by atoms with Gasteiger partial charge in [0.05, 0.1) is 24.3 Å². The zero-order valence-electron chi connectivity index (χ0n) is 11.8. The normalized spacial score (nSPS) is 19.9. The van der Waals surface area contributed by atoms with Gasteiger partial charge in [0.15, 0.2) is 0 Å². The number of hydrogen-bond acceptors (Lipinski definition) is 6. The molecule has 1 aromatic carbocycles. The molecule has 0 aliphatic carbocycles. The number of esters is 1. The summed E-state index contributed by atoms with van der Waals surface area (Å²) >= 11 is 0. The number of anilines is 1. The highest BCUT2D eigenvalue weighted by molar-refractivity contribution is 7.94. The van der Waals surface area contributed by atoms with Gasteiger partial charge in [-0.15, -0.1) is 0 Å². The van der Waals surface area contributed by atoms with Crippen molar-refractivity contribution in [3.8, 4) is 5.75 Å². The number of amides is 1. The Bertz CT molecular complexity index is 697. The van der Waals surface area contributed by atoms with Crippen LogP contribution in [0.15, 0.2) is 23.1 Å². The van der Waals surface area contributed by atoms with E-state index in [1.165, 1.54) is 26.3 Å². The zero-order valence-corrected chi connectivity index (χ0v) is 12.6. The first kappa shape index (κ1) is 15.3. The molecule has 8 heteroatoms. The summed E-state index contributed by atoms with van der Waals surface area (Å²) in [5, 5.41) is -1.87. The van der Waals surface area contributed by atoms with Gasteiger partial charge in [-0.25, -0.2) is 8.42 Å². The first-order chi connectivity index (χ1) is 9.84. The minimum atomic E-state index is -4.16. The third kappa shape index (κ3) is 2.35. The Kier molecular flexibility index (Phi) is 3.91. The Hall–Kier alpha value is -2.09. The molecule has 1 aromatic rings. The van der Waals surface area contributed by atoms with E-state index in [4.69, 9.17) is 9.47 Å². The second-order valence-electron chi connectivity index (χ2n) is 4.41. The van der Waals surface area contributed by atoms with Crippen molar-refractivity contribution < 1.29 is 27.5 Å². The molecule has 1 aliphatic heterocycles. The second kappa shape index (κ2) is 5.36. The summed E-state index contributed by atoms with van der Waals surface area (Å²) < 4.78 is 34.8. The van der Waals surface area contributed by atoms with Gasteiger partial charge < -0.3 is 14.4 Å². The first-order valence-electron chi connectivity index (χ1n) is 6.20. The number of fused-ring (bicyclic) bond motifs is 1. The van der Waals surface area contributed by atoms with E-state index in [0.717, 1.165) is 4.90 Å². The zero-order chi connectivity index (χ0) is 15.8. The van der Waals surface area contributed by atoms with Gasteiger partial charge in [0.1, 0.15) is 5.75 Å². The molecule has 1 unspecified atom stereocenters. The Balaban J connectivity index is 2.64. The van der Waals surface area contributed by atoms with Gasteiger partial charge in [-0.3, -0.25) is 9.59 Å². The Labute approximate surface area is 122 Å². The summed E-state index contributed by atoms with van der Waals surface area (Å²) in [5.41, 5.74) is 0.210. The lowest BCUT2D eigenvalue weighted by Crippen LogP contribution is -2.50. The lowest BCUT2D eigenvalue weighted by molar-refractivity contribution is -0.144. The van der Waals surface area contributed by atoms with Crippen LogP contribution in [0, 0.1) is 0 Å². The molecule has 114 valence electrons. The SMILES string of the molecule is CCOC(=O)C1C(=O)N(C)c2ccc(OC)cc2S1(=O)=O. The van der Waals surface area contributed by atoms with Gasteiger partial charge in [-0.1, -0.05) is 0 Å². The third-order valence-corrected chi connectivity index (χ3v) is 5.16. The number of benzene rings is 1. The molecule has 0 N–H and O–H groups in total. The molecule has 1 heterocycles. The maximum atomic E-state index is 12.5. The summed E-state index contributed by atoms with van der Waals surface area (Å²) in [7, 11) is -1.36. The lowest BCUT2D eigenvalue weighted by Gasteiger charge is -2.30. The van der Waals surface area contributed by atoms with Crippen molar-refractivity contribution >= 4 is 27.4 Å². The van der Waals surface area contributed by atoms with Gasteiger partial charge in [0.2, 0.25) is 15.1 Å². The van der Waals surface area contributed by atoms with E-state index in [2.05, 4.69) is 0 Å². The third-order valence-electron chi connectivity index (χ3n) is 3.20. The van der Waals surface area contributed by atoms with Crippen molar-refractivity contribution in [1.82, 2.24) is 0 Å². The van der Waals surface area contributed by atoms with Gasteiger partial charge >= 0.3 is 5.97 Å². The number of sulfone groups is 1. The highest BCUT2D eigenvalue weighted by atomic mass is 32.2. The average Bonchev–Trinajstić information content (AvgIpc) is 2.44. The minimum Gasteiger partial charge on any atom is -0.497 e. The summed E-state index contributed by atoms with van der Waals surface area (Å²) in [5.74, 6) is -1.57. The topological polar surface area (TPSA) is 90.0 Å². The van der Waals surface area contributed by atoms with Gasteiger partial charge in [-0.2, -0.15) is 0 Å². The molecule has 1 aliphatic rings. The number of nitrogens with zero attached hydrogens (tertiary/aromatic N) is 1. The van der Waals surface area contributed by atoms with E-state index in [0.29, 0.717) is 5.75 Å². The molecule has 21 heavy (non-hydrogen) atoms. The van der Waals surface area contributed by atoms with Crippen LogP contribution in [0.1, 0.15) is 6.92 Å². The maximum absolute atomic E-state index is 12.5. The van der Waals surface area contributed by atoms with E-state index in [-0.39, 0.29) is 17.2 Å². The number of ether oxygens (including phenoxy) is 2. The van der Waals surface area contributed by atoms with E-state index in [1.54, 1.807) is 13.0 Å². The molecule has 0 saturated heterocycles. The van der Waals surface area contributed by atoms with Crippen LogP contribution in [0.4, 0.5) is 5.69 Å². The van der Waals surface area contributed by atoms with Crippen LogP contribution in [0.3, 0.4) is 0 Å². The van der Waals surface area contributed by atoms with Gasteiger partial charge in [0, 0.05) is 13.1 Å². The second-order valence-corrected chi connectivity index (χ2v) is 6.41. The van der Waals surface area contributed by atoms with Crippen molar-refractivity contribution in [1.29, 1.82) is 0 Å². The van der Waals surface area contributed by atoms with Crippen LogP contribution in [0.5, 0.6) is 5.75 Å². The molecule has 0 spiro atoms. The molecule has 0 radical (unpaired) electrons. The largest absolute Gasteiger partial charge is 0.497 e. The molecule has 2 rings (SSSR count). The molecule has 0 fully saturated rings. The van der Waals surface area contributed by atoms with Gasteiger partial charge in [0.25, 0.3) is 5.91 Å². The Morgan fingerprint density at radius 3 is 2.62 bits per heavy atom. The standard InChI is InChI=1S/C13H15NO6S/c1-4-20-13(16)11-12(15)14(2)9-6-5-8(19-3)7-10(9)21(11,17)18/h5-7,11H,4H2,1-3H3. The van der Waals surface area contributed by atoms with E-state index < -0.39 is 27.0 Å². The molecule has 1 amide bonds. The summed E-state index contributed by atoms with van der Waals surface area (Å²) in [6.07, 6.45) is 0. The molecule has 1 atom stereocenters. The van der Waals surface area contributed by atoms with E-state index >= 15 is 0 Å². The van der Waals surface area contributed by atoms with Crippen molar-refractivity contribution in [3.05, 3.63) is 18.2 Å². The molecule has 0 bridgehead atoms. The Morgan fingerprint density at radius 1 is 1.38 bits per heavy atom. The fourth-order valence-electron chi connectivity index (χ4n) is 2.13. The van der Waals surface area contributed by atoms with Crippen LogP contribution in [0.2, 0.25) is 0 Å². The van der Waals surface area contributed by atoms with Crippen molar-refractivity contribution in [2.75, 3.05) is 25.7 Å². The molecular weight excluding hydrogens is 298 g/mol. The summed E-state index contributed by atoms with van der Waals surface area (Å²) in [4.78, 5) is 25.1. The molecule has 0 aromatic heterocycles. The van der Waals surface area contributed by atoms with E-state index in [9.17, 15) is 18.0 Å². The quantitative estimate of drug-likeness (QED) is 0.592. The summed E-state index contributed by atoms with van der Waals surface area (Å²) in [6, 6.07) is 4.30. The fourth-order valence-corrected chi connectivity index (χ4v) is 3.90. The minimum absolute atomic E-state index is 0.00713. The van der Waals surface area contributed by atoms with Crippen LogP contribution in [-0.4, -0.2) is 46.3 Å². The fraction of sp³-hybridized carbons (Fsp3) is 0.385. The summed E-state index contributed by atoms with van der Waals surface area (Å²) in [6.45, 7) is 1.53. The number of carbonyl (C=O) groups excluding carboxylic acids is 2. The smallest absolute Gasteiger partial charge is 0.334 e. The van der Waals surface area contributed by atoms with Crippen molar-refractivity contribution in [2.45, 2.75) is 17.1 Å². The Morgan fingerprint density at radius 2 is 2.05 bits per heavy atom. The van der Waals surface area contributed by atoms with Crippen molar-refractivity contribution in [2.24, 2.45) is 0 Å². The molecule has 7 nitrogen and oxygen atoms in total. The van der Waals surface area contributed by atoms with Crippen LogP contribution >= 0.6 is 0 Å². The number of hydrogen-bond donors (Lipinski definition) is 0. The van der Waals surface area contributed by atoms with Gasteiger partial charge in [-0.05, 0) is 19.1 Å². The monoisotopic (exact) mass is 313 g/mol. The highest BCUT2D eigenvalue weighted by Crippen LogP contribution is 2.36. The molecule has 0 saturated carbocycles. The predicted molar refractivity (Wildman–Crippen MR) is 74.0 cm³/mol. The maximum Gasteiger partial charge on any atom is 0.334 e. The van der Waals surface area contributed by atoms with Crippen molar-refractivity contribution in [3.63, 3.8) is 0 Å². The molecular formula is C13H15NO6S. The number of methoxy groups -OCH3 is 1. The van der Waals surface area contributed by atoms with Crippen LogP contribution in [-0.2, 0) is 24.2 Å². The number of rotatable bonds is 3. The first-order valence-corrected chi connectivity index (χ1v) is 7.75. The van der Waals surface area contributed by atoms with Crippen LogP contribution in [0.25, 0.3) is 0 Å². The predicted octanol–water partition coefficient (Wildman–Crippen LogP) is 0.377. The number of carbonyl (C=O) groups is 2. The average molecular weight is 313 g/mol. The highest BCUT2D eigenvalue weighted by Gasteiger charge is 2.49. The van der Waals surface area contributed by atoms with E-state index in [1.807, 2.05) is 0 Å². The van der Waals surface area contributed by atoms with Crippen LogP contribution < -0.4 is 9.64 Å².